The van der Waals surface area contributed by atoms with Crippen molar-refractivity contribution in [2.75, 3.05) is 6.61 Å². The van der Waals surface area contributed by atoms with Crippen LogP contribution in [0.25, 0.3) is 0 Å². The van der Waals surface area contributed by atoms with Gasteiger partial charge in [-0.2, -0.15) is 0 Å². The molecule has 0 aromatic carbocycles. The van der Waals surface area contributed by atoms with Crippen LogP contribution in [0, 0.1) is 52.3 Å². The van der Waals surface area contributed by atoms with E-state index in [0.29, 0.717) is 34.7 Å². The lowest BCUT2D eigenvalue weighted by Crippen LogP contribution is -2.55. The number of fused-ring (bicyclic) bond motifs is 7. The predicted octanol–water partition coefficient (Wildman–Crippen LogP) is 6.36. The number of esters is 1. The fraction of sp³-hybridized carbons (Fsp3) is 0.966. The molecule has 186 valence electrons. The molecular weight excluding hydrogens is 412 g/mol. The average molecular weight is 459 g/mol. The van der Waals surface area contributed by atoms with Gasteiger partial charge in [-0.15, -0.1) is 0 Å². The van der Waals surface area contributed by atoms with Crippen LogP contribution in [0.1, 0.15) is 98.8 Å². The lowest BCUT2D eigenvalue weighted by atomic mass is 9.44. The molecule has 0 bridgehead atoms. The highest BCUT2D eigenvalue weighted by atomic mass is 16.7. The van der Waals surface area contributed by atoms with Crippen molar-refractivity contribution < 1.29 is 19.0 Å². The van der Waals surface area contributed by atoms with E-state index in [1.54, 1.807) is 6.92 Å². The van der Waals surface area contributed by atoms with E-state index < -0.39 is 0 Å². The molecule has 4 aliphatic carbocycles. The third-order valence-corrected chi connectivity index (χ3v) is 12.2. The van der Waals surface area contributed by atoms with Gasteiger partial charge in [0.2, 0.25) is 0 Å². The SMILES string of the molecule is CC(=O)O[C@H]1CC[C@]2(C)[C@@H](CC[C@@H]3[C@H]4C[C@@H]5O[C@]6(CC[C@H](C)CO6)[C@H](C)[C@@H]5[C@]4(C)CC[C@H]32)C1. The molecule has 2 heterocycles. The van der Waals surface area contributed by atoms with Gasteiger partial charge in [-0.05, 0) is 104 Å². The molecule has 4 nitrogen and oxygen atoms in total. The number of ether oxygens (including phenoxy) is 3. The smallest absolute Gasteiger partial charge is 0.302 e. The van der Waals surface area contributed by atoms with Crippen LogP contribution < -0.4 is 0 Å². The molecule has 2 aliphatic heterocycles. The van der Waals surface area contributed by atoms with Gasteiger partial charge in [0.15, 0.2) is 5.79 Å². The van der Waals surface area contributed by atoms with Crippen molar-refractivity contribution in [2.24, 2.45) is 52.3 Å². The molecule has 4 heteroatoms. The fourth-order valence-corrected chi connectivity index (χ4v) is 10.6. The Bertz CT molecular complexity index is 786. The van der Waals surface area contributed by atoms with Crippen molar-refractivity contribution in [1.82, 2.24) is 0 Å². The first-order chi connectivity index (χ1) is 15.7. The number of carbonyl (C=O) groups excluding carboxylic acids is 1. The predicted molar refractivity (Wildman–Crippen MR) is 127 cm³/mol. The first-order valence-electron chi connectivity index (χ1n) is 14.2. The zero-order valence-corrected chi connectivity index (χ0v) is 21.6. The molecule has 33 heavy (non-hydrogen) atoms. The van der Waals surface area contributed by atoms with Crippen LogP contribution >= 0.6 is 0 Å². The molecule has 6 fully saturated rings. The molecule has 1 spiro atoms. The summed E-state index contributed by atoms with van der Waals surface area (Å²) < 4.78 is 19.1. The Morgan fingerprint density at radius 3 is 2.42 bits per heavy atom. The van der Waals surface area contributed by atoms with Crippen molar-refractivity contribution in [2.45, 2.75) is 117 Å². The van der Waals surface area contributed by atoms with Gasteiger partial charge in [0.05, 0.1) is 12.7 Å². The molecule has 0 aromatic rings. The van der Waals surface area contributed by atoms with Crippen LogP contribution in [0.4, 0.5) is 0 Å². The minimum Gasteiger partial charge on any atom is -0.463 e. The van der Waals surface area contributed by atoms with Gasteiger partial charge in [-0.1, -0.05) is 27.7 Å². The summed E-state index contributed by atoms with van der Waals surface area (Å²) in [6.45, 7) is 12.4. The highest BCUT2D eigenvalue weighted by Gasteiger charge is 2.69. The highest BCUT2D eigenvalue weighted by Crippen LogP contribution is 2.71. The van der Waals surface area contributed by atoms with Gasteiger partial charge in [-0.25, -0.2) is 0 Å². The highest BCUT2D eigenvalue weighted by molar-refractivity contribution is 5.66. The molecule has 6 rings (SSSR count). The summed E-state index contributed by atoms with van der Waals surface area (Å²) in [4.78, 5) is 11.5. The van der Waals surface area contributed by atoms with Gasteiger partial charge in [-0.3, -0.25) is 4.79 Å². The van der Waals surface area contributed by atoms with Crippen LogP contribution in [-0.2, 0) is 19.0 Å². The van der Waals surface area contributed by atoms with Crippen LogP contribution in [0.2, 0.25) is 0 Å². The van der Waals surface area contributed by atoms with Crippen LogP contribution in [0.5, 0.6) is 0 Å². The van der Waals surface area contributed by atoms with Crippen molar-refractivity contribution in [1.29, 1.82) is 0 Å². The summed E-state index contributed by atoms with van der Waals surface area (Å²) in [7, 11) is 0. The molecule has 6 aliphatic rings. The Morgan fingerprint density at radius 2 is 1.70 bits per heavy atom. The molecule has 12 atom stereocenters. The van der Waals surface area contributed by atoms with E-state index in [1.165, 1.54) is 44.9 Å². The number of rotatable bonds is 1. The van der Waals surface area contributed by atoms with Crippen LogP contribution in [-0.4, -0.2) is 30.6 Å². The van der Waals surface area contributed by atoms with E-state index in [-0.39, 0.29) is 17.9 Å². The molecule has 0 amide bonds. The second-order valence-corrected chi connectivity index (χ2v) is 13.7. The summed E-state index contributed by atoms with van der Waals surface area (Å²) in [5, 5.41) is 0. The quantitative estimate of drug-likeness (QED) is 0.429. The molecule has 4 saturated carbocycles. The maximum absolute atomic E-state index is 11.5. The topological polar surface area (TPSA) is 44.8 Å². The van der Waals surface area contributed by atoms with Gasteiger partial charge in [0.1, 0.15) is 6.10 Å². The molecule has 0 unspecified atom stereocenters. The molecule has 0 radical (unpaired) electrons. The second-order valence-electron chi connectivity index (χ2n) is 13.7. The van der Waals surface area contributed by atoms with E-state index in [2.05, 4.69) is 27.7 Å². The summed E-state index contributed by atoms with van der Waals surface area (Å²) >= 11 is 0. The standard InChI is InChI=1S/C29H46O4/c1-17-8-13-29(31-16-17)18(2)26-25(33-29)15-24-22-7-6-20-14-21(32-19(3)30)9-11-27(20,4)23(22)10-12-28(24,26)5/h17-18,20-26H,6-16H2,1-5H3/t17-,18+,20-,21-,22-,23+,24+,25-,26-,27+,28+,29+/m0/s1. The summed E-state index contributed by atoms with van der Waals surface area (Å²) in [6.07, 6.45) is 12.9. The third-order valence-electron chi connectivity index (χ3n) is 12.2. The van der Waals surface area contributed by atoms with E-state index in [1.807, 2.05) is 0 Å². The second kappa shape index (κ2) is 7.69. The van der Waals surface area contributed by atoms with Gasteiger partial charge >= 0.3 is 5.97 Å². The lowest BCUT2D eigenvalue weighted by molar-refractivity contribution is -0.273. The molecular formula is C29H46O4. The summed E-state index contributed by atoms with van der Waals surface area (Å²) in [6, 6.07) is 0. The Labute approximate surface area is 200 Å². The van der Waals surface area contributed by atoms with Crippen molar-refractivity contribution in [3.05, 3.63) is 0 Å². The lowest BCUT2D eigenvalue weighted by Gasteiger charge is -2.61. The van der Waals surface area contributed by atoms with E-state index in [0.717, 1.165) is 49.5 Å². The largest absolute Gasteiger partial charge is 0.463 e. The number of hydrogen-bond acceptors (Lipinski definition) is 4. The first-order valence-corrected chi connectivity index (χ1v) is 14.2. The first kappa shape index (κ1) is 22.8. The maximum Gasteiger partial charge on any atom is 0.302 e. The normalized spacial score (nSPS) is 57.7. The zero-order chi connectivity index (χ0) is 23.2. The number of carbonyl (C=O) groups is 1. The van der Waals surface area contributed by atoms with Crippen molar-refractivity contribution in [3.63, 3.8) is 0 Å². The zero-order valence-electron chi connectivity index (χ0n) is 21.6. The van der Waals surface area contributed by atoms with Crippen LogP contribution in [0.15, 0.2) is 0 Å². The summed E-state index contributed by atoms with van der Waals surface area (Å²) in [5.41, 5.74) is 0.828. The average Bonchev–Trinajstić information content (AvgIpc) is 3.21. The minimum atomic E-state index is -0.300. The van der Waals surface area contributed by atoms with E-state index >= 15 is 0 Å². The van der Waals surface area contributed by atoms with Crippen molar-refractivity contribution in [3.8, 4) is 0 Å². The van der Waals surface area contributed by atoms with Crippen molar-refractivity contribution >= 4 is 5.97 Å². The van der Waals surface area contributed by atoms with E-state index in [9.17, 15) is 4.79 Å². The number of hydrogen-bond donors (Lipinski definition) is 0. The molecule has 0 N–H and O–H groups in total. The third kappa shape index (κ3) is 3.25. The van der Waals surface area contributed by atoms with Crippen LogP contribution in [0.3, 0.4) is 0 Å². The Morgan fingerprint density at radius 1 is 0.909 bits per heavy atom. The Kier molecular flexibility index (Phi) is 5.32. The van der Waals surface area contributed by atoms with Gasteiger partial charge < -0.3 is 14.2 Å². The van der Waals surface area contributed by atoms with Gasteiger partial charge in [0, 0.05) is 19.3 Å². The fourth-order valence-electron chi connectivity index (χ4n) is 10.6. The van der Waals surface area contributed by atoms with Gasteiger partial charge in [0.25, 0.3) is 0 Å². The van der Waals surface area contributed by atoms with E-state index in [4.69, 9.17) is 14.2 Å². The molecule has 0 aromatic heterocycles. The Hall–Kier alpha value is -0.610. The minimum absolute atomic E-state index is 0.105. The monoisotopic (exact) mass is 458 g/mol. The Balaban J connectivity index is 1.21. The summed E-state index contributed by atoms with van der Waals surface area (Å²) in [5.74, 6) is 4.63. The molecule has 2 saturated heterocycles. The maximum atomic E-state index is 11.5.